The summed E-state index contributed by atoms with van der Waals surface area (Å²) in [5.74, 6) is -2.10. The summed E-state index contributed by atoms with van der Waals surface area (Å²) in [6.07, 6.45) is 6.18. The molecule has 150 valence electrons. The maximum Gasteiger partial charge on any atom is 0.339 e. The van der Waals surface area contributed by atoms with Crippen LogP contribution in [-0.4, -0.2) is 47.8 Å². The van der Waals surface area contributed by atoms with Crippen molar-refractivity contribution >= 4 is 29.4 Å². The van der Waals surface area contributed by atoms with Crippen molar-refractivity contribution in [1.82, 2.24) is 10.2 Å². The van der Waals surface area contributed by atoms with Gasteiger partial charge in [-0.15, -0.1) is 0 Å². The predicted octanol–water partition coefficient (Wildman–Crippen LogP) is 2.22. The molecule has 1 aliphatic carbocycles. The molecule has 1 N–H and O–H groups in total. The molecule has 8 heteroatoms. The lowest BCUT2D eigenvalue weighted by Crippen LogP contribution is -2.44. The van der Waals surface area contributed by atoms with Crippen LogP contribution in [0.25, 0.3) is 0 Å². The fourth-order valence-electron chi connectivity index (χ4n) is 3.62. The zero-order chi connectivity index (χ0) is 20.1. The first-order valence-corrected chi connectivity index (χ1v) is 9.74. The molecule has 1 saturated carbocycles. The molecule has 0 atom stereocenters. The van der Waals surface area contributed by atoms with Crippen molar-refractivity contribution in [2.24, 2.45) is 0 Å². The lowest BCUT2D eigenvalue weighted by molar-refractivity contribution is -0.140. The molecule has 1 aromatic carbocycles. The molecular weight excluding hydrogens is 362 g/mol. The van der Waals surface area contributed by atoms with Crippen molar-refractivity contribution in [3.05, 3.63) is 24.3 Å². The third kappa shape index (κ3) is 4.16. The molecule has 3 rings (SSSR count). The summed E-state index contributed by atoms with van der Waals surface area (Å²) in [6.45, 7) is 1.65. The van der Waals surface area contributed by atoms with Crippen molar-refractivity contribution in [2.75, 3.05) is 18.1 Å². The number of hydrogen-bond acceptors (Lipinski definition) is 5. The van der Waals surface area contributed by atoms with Gasteiger partial charge < -0.3 is 10.1 Å². The summed E-state index contributed by atoms with van der Waals surface area (Å²) in [7, 11) is 0. The Labute approximate surface area is 163 Å². The van der Waals surface area contributed by atoms with E-state index in [-0.39, 0.29) is 11.7 Å². The molecule has 0 bridgehead atoms. The van der Waals surface area contributed by atoms with Gasteiger partial charge in [0, 0.05) is 6.04 Å². The van der Waals surface area contributed by atoms with Crippen molar-refractivity contribution < 1.29 is 23.9 Å². The van der Waals surface area contributed by atoms with E-state index in [1.807, 2.05) is 0 Å². The Balaban J connectivity index is 1.72. The number of imide groups is 2. The van der Waals surface area contributed by atoms with E-state index < -0.39 is 30.3 Å². The van der Waals surface area contributed by atoms with Crippen LogP contribution in [0.5, 0.6) is 5.75 Å². The Kier molecular flexibility index (Phi) is 6.28. The van der Waals surface area contributed by atoms with Crippen LogP contribution in [0, 0.1) is 0 Å². The summed E-state index contributed by atoms with van der Waals surface area (Å²) in [6, 6.07) is 5.71. The zero-order valence-corrected chi connectivity index (χ0v) is 16.0. The molecule has 0 spiro atoms. The molecule has 0 unspecified atom stereocenters. The zero-order valence-electron chi connectivity index (χ0n) is 16.0. The maximum atomic E-state index is 12.7. The van der Waals surface area contributed by atoms with Gasteiger partial charge in [-0.2, -0.15) is 0 Å². The summed E-state index contributed by atoms with van der Waals surface area (Å²) < 4.78 is 5.45. The van der Waals surface area contributed by atoms with Gasteiger partial charge in [-0.3, -0.25) is 14.4 Å². The van der Waals surface area contributed by atoms with Crippen LogP contribution < -0.4 is 15.0 Å². The topological polar surface area (TPSA) is 96.0 Å². The van der Waals surface area contributed by atoms with Crippen LogP contribution in [0.1, 0.15) is 45.4 Å². The van der Waals surface area contributed by atoms with E-state index in [9.17, 15) is 19.2 Å². The van der Waals surface area contributed by atoms with Crippen LogP contribution in [-0.2, 0) is 14.4 Å². The Bertz CT molecular complexity index is 771. The number of para-hydroxylation sites is 2. The summed E-state index contributed by atoms with van der Waals surface area (Å²) >= 11 is 0. The molecule has 28 heavy (non-hydrogen) atoms. The van der Waals surface area contributed by atoms with Gasteiger partial charge in [-0.1, -0.05) is 37.8 Å². The molecule has 0 aromatic heterocycles. The van der Waals surface area contributed by atoms with Crippen LogP contribution >= 0.6 is 0 Å². The standard InChI is InChI=1S/C20H25N3O5/c1-2-28-16-12-8-7-11-15(16)23-19(26)18(25)22(20(23)27)13-17(24)21-14-9-5-3-4-6-10-14/h7-8,11-12,14H,2-6,9-10,13H2,1H3,(H,21,24). The summed E-state index contributed by atoms with van der Waals surface area (Å²) in [4.78, 5) is 51.4. The van der Waals surface area contributed by atoms with E-state index in [2.05, 4.69) is 5.32 Å². The van der Waals surface area contributed by atoms with Crippen LogP contribution in [0.2, 0.25) is 0 Å². The number of nitrogens with one attached hydrogen (secondary N) is 1. The van der Waals surface area contributed by atoms with E-state index in [0.717, 1.165) is 43.4 Å². The van der Waals surface area contributed by atoms with Gasteiger partial charge in [0.1, 0.15) is 12.3 Å². The largest absolute Gasteiger partial charge is 0.492 e. The number of urea groups is 1. The molecule has 2 fully saturated rings. The second kappa shape index (κ2) is 8.86. The lowest BCUT2D eigenvalue weighted by Gasteiger charge is -2.20. The molecule has 1 heterocycles. The van der Waals surface area contributed by atoms with Crippen molar-refractivity contribution in [2.45, 2.75) is 51.5 Å². The number of anilines is 1. The van der Waals surface area contributed by atoms with Gasteiger partial charge in [0.15, 0.2) is 0 Å². The number of carbonyl (C=O) groups excluding carboxylic acids is 4. The van der Waals surface area contributed by atoms with E-state index in [1.165, 1.54) is 6.07 Å². The van der Waals surface area contributed by atoms with Crippen LogP contribution in [0.4, 0.5) is 10.5 Å². The highest BCUT2D eigenvalue weighted by Crippen LogP contribution is 2.31. The highest BCUT2D eigenvalue weighted by Gasteiger charge is 2.47. The van der Waals surface area contributed by atoms with Gasteiger partial charge in [0.2, 0.25) is 5.91 Å². The minimum absolute atomic E-state index is 0.0493. The number of hydrogen-bond donors (Lipinski definition) is 1. The van der Waals surface area contributed by atoms with Crippen LogP contribution in [0.3, 0.4) is 0 Å². The third-order valence-electron chi connectivity index (χ3n) is 4.98. The number of nitrogens with zero attached hydrogens (tertiary/aromatic N) is 2. The lowest BCUT2D eigenvalue weighted by atomic mass is 10.1. The van der Waals surface area contributed by atoms with Gasteiger partial charge in [-0.25, -0.2) is 14.6 Å². The predicted molar refractivity (Wildman–Crippen MR) is 102 cm³/mol. The number of amides is 5. The number of rotatable bonds is 6. The smallest absolute Gasteiger partial charge is 0.339 e. The van der Waals surface area contributed by atoms with Gasteiger partial charge in [0.25, 0.3) is 0 Å². The minimum Gasteiger partial charge on any atom is -0.492 e. The van der Waals surface area contributed by atoms with Crippen molar-refractivity contribution in [3.8, 4) is 5.75 Å². The minimum atomic E-state index is -1.01. The van der Waals surface area contributed by atoms with Gasteiger partial charge in [-0.05, 0) is 31.9 Å². The molecule has 2 aliphatic rings. The summed E-state index contributed by atoms with van der Waals surface area (Å²) in [5.41, 5.74) is 0.194. The van der Waals surface area contributed by atoms with E-state index in [0.29, 0.717) is 17.3 Å². The fraction of sp³-hybridized carbons (Fsp3) is 0.500. The summed E-state index contributed by atoms with van der Waals surface area (Å²) in [5, 5.41) is 2.89. The second-order valence-electron chi connectivity index (χ2n) is 6.97. The number of carbonyl (C=O) groups is 4. The molecular formula is C20H25N3O5. The molecule has 0 radical (unpaired) electrons. The monoisotopic (exact) mass is 387 g/mol. The van der Waals surface area contributed by atoms with Crippen molar-refractivity contribution in [1.29, 1.82) is 0 Å². The quantitative estimate of drug-likeness (QED) is 0.459. The maximum absolute atomic E-state index is 12.7. The Morgan fingerprint density at radius 3 is 2.43 bits per heavy atom. The first kappa shape index (κ1) is 19.9. The first-order valence-electron chi connectivity index (χ1n) is 9.74. The number of benzene rings is 1. The normalized spacial score (nSPS) is 18.4. The Morgan fingerprint density at radius 2 is 1.75 bits per heavy atom. The third-order valence-corrected chi connectivity index (χ3v) is 4.98. The SMILES string of the molecule is CCOc1ccccc1N1C(=O)C(=O)N(CC(=O)NC2CCCCCC2)C1=O. The first-order chi connectivity index (χ1) is 13.5. The molecule has 5 amide bonds. The van der Waals surface area contributed by atoms with Gasteiger partial charge in [0.05, 0.1) is 12.3 Å². The highest BCUT2D eigenvalue weighted by atomic mass is 16.5. The fourth-order valence-corrected chi connectivity index (χ4v) is 3.62. The highest BCUT2D eigenvalue weighted by molar-refractivity contribution is 6.53. The molecule has 1 aromatic rings. The number of ether oxygens (including phenoxy) is 1. The van der Waals surface area contributed by atoms with Crippen molar-refractivity contribution in [3.63, 3.8) is 0 Å². The van der Waals surface area contributed by atoms with E-state index in [1.54, 1.807) is 25.1 Å². The molecule has 1 saturated heterocycles. The Morgan fingerprint density at radius 1 is 1.07 bits per heavy atom. The Hall–Kier alpha value is -2.90. The molecule has 1 aliphatic heterocycles. The van der Waals surface area contributed by atoms with Crippen LogP contribution in [0.15, 0.2) is 24.3 Å². The van der Waals surface area contributed by atoms with E-state index in [4.69, 9.17) is 4.74 Å². The van der Waals surface area contributed by atoms with E-state index >= 15 is 0 Å². The second-order valence-corrected chi connectivity index (χ2v) is 6.97. The van der Waals surface area contributed by atoms with Gasteiger partial charge >= 0.3 is 17.8 Å². The average Bonchev–Trinajstić information content (AvgIpc) is 2.87. The molecule has 8 nitrogen and oxygen atoms in total. The average molecular weight is 387 g/mol.